The number of nitrogens with zero attached hydrogens (tertiary/aromatic N) is 3. The second kappa shape index (κ2) is 9.25. The number of pyridine rings is 3. The van der Waals surface area contributed by atoms with Gasteiger partial charge in [0.2, 0.25) is 0 Å². The summed E-state index contributed by atoms with van der Waals surface area (Å²) in [5, 5.41) is 0. The molecule has 0 saturated heterocycles. The number of aromatic nitrogens is 3. The molecule has 7 heterocycles. The number of halogens is 4. The summed E-state index contributed by atoms with van der Waals surface area (Å²) >= 11 is 0. The summed E-state index contributed by atoms with van der Waals surface area (Å²) < 4.78 is 74.1. The van der Waals surface area contributed by atoms with Crippen LogP contribution in [0.15, 0.2) is 109 Å². The molecule has 3 nitrogen and oxygen atoms in total. The first-order chi connectivity index (χ1) is 21.3. The van der Waals surface area contributed by atoms with E-state index in [-0.39, 0.29) is 81.8 Å². The summed E-state index contributed by atoms with van der Waals surface area (Å²) in [5.41, 5.74) is -9.54. The van der Waals surface area contributed by atoms with Gasteiger partial charge in [0.15, 0.2) is 11.3 Å². The normalized spacial score (nSPS) is 26.4. The molecule has 45 heavy (non-hydrogen) atoms. The molecule has 4 aliphatic rings. The molecule has 0 N–H and O–H groups in total. The van der Waals surface area contributed by atoms with Crippen LogP contribution in [0.2, 0.25) is 0 Å². The van der Waals surface area contributed by atoms with Crippen molar-refractivity contribution in [2.24, 2.45) is 0 Å². The Morgan fingerprint density at radius 1 is 0.444 bits per heavy atom. The van der Waals surface area contributed by atoms with Crippen molar-refractivity contribution in [1.29, 1.82) is 0 Å². The Morgan fingerprint density at radius 2 is 0.844 bits per heavy atom. The Morgan fingerprint density at radius 3 is 1.44 bits per heavy atom. The number of alkyl halides is 4. The molecule has 0 aliphatic carbocycles. The minimum atomic E-state index is -2.71. The first-order valence-corrected chi connectivity index (χ1v) is 14.0. The van der Waals surface area contributed by atoms with E-state index < -0.39 is 22.8 Å². The van der Waals surface area contributed by atoms with Gasteiger partial charge in [0.1, 0.15) is 17.6 Å². The van der Waals surface area contributed by atoms with Crippen LogP contribution in [0.3, 0.4) is 0 Å². The number of hydrogen-bond donors (Lipinski definition) is 0. The van der Waals surface area contributed by atoms with Gasteiger partial charge in [-0.05, 0) is 24.3 Å². The molecule has 0 fully saturated rings. The molecule has 4 unspecified atom stereocenters. The van der Waals surface area contributed by atoms with Gasteiger partial charge in [0, 0.05) is 20.1 Å². The third kappa shape index (κ3) is 3.41. The van der Waals surface area contributed by atoms with Gasteiger partial charge in [0.25, 0.3) is 0 Å². The second-order valence-electron chi connectivity index (χ2n) is 11.3. The third-order valence-corrected chi connectivity index (χ3v) is 8.94. The summed E-state index contributed by atoms with van der Waals surface area (Å²) in [6.07, 6.45) is 4.33. The van der Waals surface area contributed by atoms with Gasteiger partial charge in [-0.1, -0.05) is 23.3 Å². The average molecular weight is 773 g/mol. The van der Waals surface area contributed by atoms with Crippen molar-refractivity contribution in [3.8, 4) is 0 Å². The van der Waals surface area contributed by atoms with E-state index in [4.69, 9.17) is 0 Å². The topological polar surface area (TPSA) is 29.7 Å². The molecule has 4 aliphatic heterocycles. The van der Waals surface area contributed by atoms with Crippen LogP contribution in [-0.4, -0.2) is 9.97 Å². The maximum absolute atomic E-state index is 18.3. The minimum absolute atomic E-state index is 0. The fourth-order valence-corrected chi connectivity index (χ4v) is 6.69. The zero-order chi connectivity index (χ0) is 29.9. The summed E-state index contributed by atoms with van der Waals surface area (Å²) in [4.78, 5) is 9.19. The largest absolute Gasteiger partial charge is 0.335 e. The molecule has 6 aromatic rings. The maximum Gasteiger partial charge on any atom is 0.335 e. The van der Waals surface area contributed by atoms with Crippen LogP contribution in [0.4, 0.5) is 17.6 Å². The minimum Gasteiger partial charge on any atom is -0.270 e. The van der Waals surface area contributed by atoms with Gasteiger partial charge in [-0.15, -0.1) is 33.9 Å². The van der Waals surface area contributed by atoms with Crippen LogP contribution in [0, 0.1) is 24.4 Å². The number of hydrogen-bond acceptors (Lipinski definition) is 2. The molecule has 1 radical (unpaired) electrons. The predicted molar refractivity (Wildman–Crippen MR) is 150 cm³/mol. The van der Waals surface area contributed by atoms with Crippen molar-refractivity contribution in [3.05, 3.63) is 195 Å². The molecule has 4 atom stereocenters. The van der Waals surface area contributed by atoms with Gasteiger partial charge in [0.05, 0.1) is 23.3 Å². The van der Waals surface area contributed by atoms with Gasteiger partial charge in [-0.25, -0.2) is 23.1 Å². The zero-order valence-corrected chi connectivity index (χ0v) is 25.5. The van der Waals surface area contributed by atoms with E-state index >= 15 is 17.6 Å². The molecule has 16 bridgehead atoms. The quantitative estimate of drug-likeness (QED) is 0.102. The SMILES string of the molecule is FC12c3[c-]c(ccc3)C3(F)c4[c-]c(ccc4)C(F)(c4cccc(n4)C(F)(c4[c-]c1ccc4)c1cccc3n1)[n+]1[c-]c2ccc1.[Ir]. The monoisotopic (exact) mass is 773 g/mol. The Balaban J connectivity index is 0.00000300. The van der Waals surface area contributed by atoms with Gasteiger partial charge in [-0.3, -0.25) is 4.57 Å². The van der Waals surface area contributed by atoms with Crippen LogP contribution < -0.4 is 4.57 Å². The molecular weight excluding hydrogens is 755 g/mol. The first-order valence-electron chi connectivity index (χ1n) is 14.0. The molecule has 221 valence electrons. The first kappa shape index (κ1) is 28.0. The van der Waals surface area contributed by atoms with Crippen molar-refractivity contribution in [2.45, 2.75) is 22.8 Å². The van der Waals surface area contributed by atoms with Gasteiger partial charge < -0.3 is 0 Å². The zero-order valence-electron chi connectivity index (χ0n) is 23.1. The van der Waals surface area contributed by atoms with Gasteiger partial charge >= 0.3 is 5.79 Å². The molecular formula is C37H18F4IrN3-3. The Kier molecular flexibility index (Phi) is 5.76. The van der Waals surface area contributed by atoms with Crippen molar-refractivity contribution >= 4 is 0 Å². The summed E-state index contributed by atoms with van der Waals surface area (Å²) in [6.45, 7) is 0. The van der Waals surface area contributed by atoms with Crippen LogP contribution in [-0.2, 0) is 42.9 Å². The maximum atomic E-state index is 18.3. The number of benzene rings is 3. The van der Waals surface area contributed by atoms with E-state index in [1.54, 1.807) is 0 Å². The second-order valence-corrected chi connectivity index (χ2v) is 11.3. The Bertz CT molecular complexity index is 1660. The fourth-order valence-electron chi connectivity index (χ4n) is 6.69. The molecule has 0 amide bonds. The van der Waals surface area contributed by atoms with Crippen molar-refractivity contribution < 1.29 is 42.2 Å². The van der Waals surface area contributed by atoms with Crippen molar-refractivity contribution in [3.63, 3.8) is 0 Å². The van der Waals surface area contributed by atoms with Crippen LogP contribution in [0.1, 0.15) is 61.7 Å². The van der Waals surface area contributed by atoms with Crippen molar-refractivity contribution in [1.82, 2.24) is 9.97 Å². The van der Waals surface area contributed by atoms with E-state index in [2.05, 4.69) is 34.4 Å². The molecule has 8 heteroatoms. The van der Waals surface area contributed by atoms with E-state index in [1.807, 2.05) is 0 Å². The van der Waals surface area contributed by atoms with Gasteiger partial charge in [-0.2, -0.15) is 83.3 Å². The Labute approximate surface area is 269 Å². The predicted octanol–water partition coefficient (Wildman–Crippen LogP) is 6.41. The van der Waals surface area contributed by atoms with Crippen LogP contribution >= 0.6 is 0 Å². The fraction of sp³-hybridized carbons (Fsp3) is 0.108. The molecule has 0 spiro atoms. The third-order valence-electron chi connectivity index (χ3n) is 8.94. The van der Waals surface area contributed by atoms with Crippen LogP contribution in [0.25, 0.3) is 0 Å². The van der Waals surface area contributed by atoms with E-state index in [1.165, 1.54) is 109 Å². The van der Waals surface area contributed by atoms with Crippen LogP contribution in [0.5, 0.6) is 0 Å². The summed E-state index contributed by atoms with van der Waals surface area (Å²) in [7, 11) is 0. The molecule has 10 rings (SSSR count). The average Bonchev–Trinajstić information content (AvgIpc) is 3.09. The smallest absolute Gasteiger partial charge is 0.270 e. The Hall–Kier alpha value is -4.52. The van der Waals surface area contributed by atoms with E-state index in [0.717, 1.165) is 4.57 Å². The summed E-state index contributed by atoms with van der Waals surface area (Å²) in [6, 6.07) is 34.0. The van der Waals surface area contributed by atoms with Crippen molar-refractivity contribution in [2.75, 3.05) is 0 Å². The standard InChI is InChI=1S/C37H18F4N3.Ir/c38-34-23-7-1-9-25(19-23)35(39)26-10-3-12-28(21-26)37(41,44-18-6-13-29(34)22-44)33-17-5-16-32(43-33)36(40,27-11-2-8-24(34)20-27)31-15-4-14-30(35)42-31;/h1-18H;/q-3;. The number of rotatable bonds is 0. The van der Waals surface area contributed by atoms with E-state index in [9.17, 15) is 0 Å². The summed E-state index contributed by atoms with van der Waals surface area (Å²) in [5.74, 6) is -2.71. The molecule has 3 aromatic carbocycles. The molecule has 0 saturated carbocycles. The molecule has 3 aromatic heterocycles. The van der Waals surface area contributed by atoms with E-state index in [0.29, 0.717) is 0 Å².